The number of benzene rings is 1. The molecule has 5 nitrogen and oxygen atoms in total. The summed E-state index contributed by atoms with van der Waals surface area (Å²) in [7, 11) is 4.03. The third kappa shape index (κ3) is 6.53. The van der Waals surface area contributed by atoms with Gasteiger partial charge in [-0.2, -0.15) is 5.26 Å². The predicted molar refractivity (Wildman–Crippen MR) is 78.7 cm³/mol. The highest BCUT2D eigenvalue weighted by molar-refractivity contribution is 5.36. The molecule has 0 aliphatic carbocycles. The highest BCUT2D eigenvalue weighted by atomic mass is 16.5. The zero-order chi connectivity index (χ0) is 15.0. The van der Waals surface area contributed by atoms with E-state index in [-0.39, 0.29) is 6.61 Å². The van der Waals surface area contributed by atoms with Crippen LogP contribution in [0.3, 0.4) is 0 Å². The molecule has 5 heteroatoms. The van der Waals surface area contributed by atoms with Gasteiger partial charge in [0.15, 0.2) is 0 Å². The lowest BCUT2D eigenvalue weighted by Gasteiger charge is -2.20. The zero-order valence-corrected chi connectivity index (χ0v) is 12.3. The van der Waals surface area contributed by atoms with Crippen molar-refractivity contribution < 1.29 is 9.84 Å². The number of hydrogen-bond acceptors (Lipinski definition) is 5. The zero-order valence-electron chi connectivity index (χ0n) is 12.3. The fourth-order valence-corrected chi connectivity index (χ4v) is 1.86. The summed E-state index contributed by atoms with van der Waals surface area (Å²) in [6.07, 6.45) is -0.578. The number of ether oxygens (including phenoxy) is 1. The molecule has 0 radical (unpaired) electrons. The summed E-state index contributed by atoms with van der Waals surface area (Å²) in [6.45, 7) is 3.67. The molecule has 1 rings (SSSR count). The van der Waals surface area contributed by atoms with Gasteiger partial charge in [-0.05, 0) is 39.2 Å². The number of likely N-dealkylation sites (N-methyl/N-ethyl adjacent to an activating group) is 1. The fourth-order valence-electron chi connectivity index (χ4n) is 1.86. The van der Waals surface area contributed by atoms with E-state index in [4.69, 9.17) is 10.00 Å². The maximum absolute atomic E-state index is 9.85. The second kappa shape index (κ2) is 8.54. The number of hydrogen-bond donors (Lipinski definition) is 2. The van der Waals surface area contributed by atoms with Crippen molar-refractivity contribution in [2.45, 2.75) is 19.1 Å². The molecule has 1 aromatic carbocycles. The highest BCUT2D eigenvalue weighted by Gasteiger charge is 2.08. The molecule has 1 aromatic rings. The summed E-state index contributed by atoms with van der Waals surface area (Å²) in [4.78, 5) is 2.09. The first-order chi connectivity index (χ1) is 9.51. The van der Waals surface area contributed by atoms with Crippen LogP contribution in [0, 0.1) is 11.3 Å². The van der Waals surface area contributed by atoms with Crippen molar-refractivity contribution in [1.29, 1.82) is 5.26 Å². The normalized spacial score (nSPS) is 13.8. The van der Waals surface area contributed by atoms with Gasteiger partial charge in [-0.3, -0.25) is 0 Å². The summed E-state index contributed by atoms with van der Waals surface area (Å²) < 4.78 is 5.47. The molecule has 0 bridgehead atoms. The van der Waals surface area contributed by atoms with Gasteiger partial charge in [-0.15, -0.1) is 0 Å². The Morgan fingerprint density at radius 1 is 1.45 bits per heavy atom. The van der Waals surface area contributed by atoms with Gasteiger partial charge in [0.2, 0.25) is 0 Å². The molecular weight excluding hydrogens is 254 g/mol. The average Bonchev–Trinajstić information content (AvgIpc) is 2.42. The molecule has 0 aliphatic rings. The standard InChI is InChI=1S/C15H23N3O2/c1-12(10-18(2)3)17-9-14(19)11-20-15-6-4-5-13(7-15)8-16/h4-7,12,14,17,19H,9-11H2,1-3H3. The molecule has 2 atom stereocenters. The molecular formula is C15H23N3O2. The van der Waals surface area contributed by atoms with E-state index in [1.807, 2.05) is 14.1 Å². The van der Waals surface area contributed by atoms with Crippen LogP contribution in [0.1, 0.15) is 12.5 Å². The Kier molecular flexibility index (Phi) is 7.02. The molecule has 110 valence electrons. The first kappa shape index (κ1) is 16.4. The molecule has 0 spiro atoms. The van der Waals surface area contributed by atoms with E-state index in [9.17, 15) is 5.11 Å². The van der Waals surface area contributed by atoms with Crippen LogP contribution in [-0.2, 0) is 0 Å². The van der Waals surface area contributed by atoms with Gasteiger partial charge < -0.3 is 20.1 Å². The summed E-state index contributed by atoms with van der Waals surface area (Å²) >= 11 is 0. The molecule has 0 amide bonds. The molecule has 20 heavy (non-hydrogen) atoms. The Hall–Kier alpha value is -1.61. The lowest BCUT2D eigenvalue weighted by molar-refractivity contribution is 0.103. The van der Waals surface area contributed by atoms with Crippen LogP contribution in [0.2, 0.25) is 0 Å². The molecule has 0 aromatic heterocycles. The van der Waals surface area contributed by atoms with Crippen molar-refractivity contribution in [3.63, 3.8) is 0 Å². The van der Waals surface area contributed by atoms with Crippen LogP contribution in [0.5, 0.6) is 5.75 Å². The first-order valence-corrected chi connectivity index (χ1v) is 6.70. The topological polar surface area (TPSA) is 68.5 Å². The van der Waals surface area contributed by atoms with Crippen LogP contribution >= 0.6 is 0 Å². The van der Waals surface area contributed by atoms with Gasteiger partial charge in [-0.25, -0.2) is 0 Å². The van der Waals surface area contributed by atoms with E-state index < -0.39 is 6.10 Å². The molecule has 2 unspecified atom stereocenters. The largest absolute Gasteiger partial charge is 0.491 e. The molecule has 0 saturated carbocycles. The summed E-state index contributed by atoms with van der Waals surface area (Å²) in [5, 5.41) is 21.9. The maximum atomic E-state index is 9.85. The average molecular weight is 277 g/mol. The first-order valence-electron chi connectivity index (χ1n) is 6.70. The predicted octanol–water partition coefficient (Wildman–Crippen LogP) is 0.838. The number of nitrogens with zero attached hydrogens (tertiary/aromatic N) is 2. The molecule has 0 saturated heterocycles. The summed E-state index contributed by atoms with van der Waals surface area (Å²) in [5.41, 5.74) is 0.551. The van der Waals surface area contributed by atoms with E-state index in [0.717, 1.165) is 6.54 Å². The number of rotatable bonds is 8. The lowest BCUT2D eigenvalue weighted by Crippen LogP contribution is -2.41. The minimum absolute atomic E-state index is 0.205. The van der Waals surface area contributed by atoms with E-state index in [1.165, 1.54) is 0 Å². The Morgan fingerprint density at radius 2 is 2.20 bits per heavy atom. The van der Waals surface area contributed by atoms with E-state index in [1.54, 1.807) is 24.3 Å². The van der Waals surface area contributed by atoms with Crippen molar-refractivity contribution in [3.05, 3.63) is 29.8 Å². The van der Waals surface area contributed by atoms with Crippen LogP contribution in [0.25, 0.3) is 0 Å². The molecule has 2 N–H and O–H groups in total. The fraction of sp³-hybridized carbons (Fsp3) is 0.533. The lowest BCUT2D eigenvalue weighted by atomic mass is 10.2. The highest BCUT2D eigenvalue weighted by Crippen LogP contribution is 2.12. The van der Waals surface area contributed by atoms with Crippen LogP contribution in [0.4, 0.5) is 0 Å². The minimum atomic E-state index is -0.578. The smallest absolute Gasteiger partial charge is 0.120 e. The monoisotopic (exact) mass is 277 g/mol. The van der Waals surface area contributed by atoms with Crippen molar-refractivity contribution in [1.82, 2.24) is 10.2 Å². The Balaban J connectivity index is 2.29. The van der Waals surface area contributed by atoms with Gasteiger partial charge in [0.05, 0.1) is 11.6 Å². The molecule has 0 aliphatic heterocycles. The van der Waals surface area contributed by atoms with Gasteiger partial charge in [0.25, 0.3) is 0 Å². The minimum Gasteiger partial charge on any atom is -0.491 e. The van der Waals surface area contributed by atoms with Crippen LogP contribution < -0.4 is 10.1 Å². The quantitative estimate of drug-likeness (QED) is 0.737. The van der Waals surface area contributed by atoms with Gasteiger partial charge >= 0.3 is 0 Å². The number of aliphatic hydroxyl groups is 1. The van der Waals surface area contributed by atoms with Crippen LogP contribution in [0.15, 0.2) is 24.3 Å². The third-order valence-electron chi connectivity index (χ3n) is 2.75. The second-order valence-electron chi connectivity index (χ2n) is 5.18. The SMILES string of the molecule is CC(CN(C)C)NCC(O)COc1cccc(C#N)c1. The van der Waals surface area contributed by atoms with Crippen molar-refractivity contribution in [3.8, 4) is 11.8 Å². The Morgan fingerprint density at radius 3 is 2.85 bits per heavy atom. The van der Waals surface area contributed by atoms with E-state index in [2.05, 4.69) is 23.2 Å². The van der Waals surface area contributed by atoms with Gasteiger partial charge in [-0.1, -0.05) is 6.07 Å². The van der Waals surface area contributed by atoms with E-state index >= 15 is 0 Å². The summed E-state index contributed by atoms with van der Waals surface area (Å²) in [5.74, 6) is 0.601. The number of aliphatic hydroxyl groups excluding tert-OH is 1. The van der Waals surface area contributed by atoms with Crippen LogP contribution in [-0.4, -0.2) is 55.9 Å². The van der Waals surface area contributed by atoms with Crippen molar-refractivity contribution in [2.24, 2.45) is 0 Å². The van der Waals surface area contributed by atoms with Crippen molar-refractivity contribution in [2.75, 3.05) is 33.8 Å². The van der Waals surface area contributed by atoms with E-state index in [0.29, 0.717) is 23.9 Å². The van der Waals surface area contributed by atoms with Crippen molar-refractivity contribution >= 4 is 0 Å². The third-order valence-corrected chi connectivity index (χ3v) is 2.75. The Bertz CT molecular complexity index is 443. The second-order valence-corrected chi connectivity index (χ2v) is 5.18. The number of nitriles is 1. The maximum Gasteiger partial charge on any atom is 0.120 e. The van der Waals surface area contributed by atoms with Gasteiger partial charge in [0.1, 0.15) is 18.5 Å². The molecule has 0 fully saturated rings. The molecule has 0 heterocycles. The number of nitrogens with one attached hydrogen (secondary N) is 1. The van der Waals surface area contributed by atoms with Gasteiger partial charge in [0, 0.05) is 19.1 Å². The Labute approximate surface area is 120 Å². The summed E-state index contributed by atoms with van der Waals surface area (Å²) in [6, 6.07) is 9.27.